The van der Waals surface area contributed by atoms with Gasteiger partial charge in [-0.1, -0.05) is 61.9 Å². The van der Waals surface area contributed by atoms with Crippen molar-refractivity contribution in [3.8, 4) is 22.5 Å². The fourth-order valence-electron chi connectivity index (χ4n) is 5.42. The number of unbranched alkanes of at least 4 members (excludes halogenated alkanes) is 1. The average molecular weight is 485 g/mol. The molecule has 0 aliphatic carbocycles. The van der Waals surface area contributed by atoms with Crippen LogP contribution in [-0.4, -0.2) is 35.8 Å². The van der Waals surface area contributed by atoms with Gasteiger partial charge in [-0.3, -0.25) is 14.3 Å². The number of benzene rings is 2. The summed E-state index contributed by atoms with van der Waals surface area (Å²) in [5.74, 6) is 0.609. The van der Waals surface area contributed by atoms with E-state index in [1.807, 2.05) is 24.3 Å². The van der Waals surface area contributed by atoms with Crippen LogP contribution in [0.15, 0.2) is 53.3 Å². The number of hydrogen-bond donors (Lipinski definition) is 1. The van der Waals surface area contributed by atoms with Gasteiger partial charge in [0.15, 0.2) is 5.78 Å². The topological polar surface area (TPSA) is 98.5 Å². The highest BCUT2D eigenvalue weighted by atomic mass is 16.1. The summed E-state index contributed by atoms with van der Waals surface area (Å²) in [6.07, 6.45) is 5.10. The van der Waals surface area contributed by atoms with Crippen molar-refractivity contribution in [3.05, 3.63) is 75.7 Å². The second kappa shape index (κ2) is 10.0. The Kier molecular flexibility index (Phi) is 6.67. The van der Waals surface area contributed by atoms with E-state index in [1.165, 1.54) is 0 Å². The van der Waals surface area contributed by atoms with Crippen LogP contribution in [0.3, 0.4) is 0 Å². The Labute approximate surface area is 210 Å². The van der Waals surface area contributed by atoms with Crippen LogP contribution in [0, 0.1) is 0 Å². The summed E-state index contributed by atoms with van der Waals surface area (Å²) in [5, 5.41) is 14.5. The molecule has 0 saturated heterocycles. The van der Waals surface area contributed by atoms with Crippen molar-refractivity contribution in [1.82, 2.24) is 30.0 Å². The zero-order valence-electron chi connectivity index (χ0n) is 21.1. The molecule has 8 nitrogen and oxygen atoms in total. The summed E-state index contributed by atoms with van der Waals surface area (Å²) in [6, 6.07) is 16.1. The first-order valence-corrected chi connectivity index (χ1v) is 12.8. The number of carbonyl (C=O) groups excluding carboxylic acids is 1. The lowest BCUT2D eigenvalue weighted by Gasteiger charge is -2.31. The number of H-pyrrole nitrogens is 1. The van der Waals surface area contributed by atoms with Crippen molar-refractivity contribution in [2.75, 3.05) is 0 Å². The molecule has 0 saturated carbocycles. The van der Waals surface area contributed by atoms with Crippen LogP contribution in [-0.2, 0) is 17.6 Å². The van der Waals surface area contributed by atoms with Crippen LogP contribution in [0.1, 0.15) is 75.4 Å². The number of nitrogens with one attached hydrogen (secondary N) is 1. The van der Waals surface area contributed by atoms with Crippen molar-refractivity contribution in [2.24, 2.45) is 0 Å². The Morgan fingerprint density at radius 1 is 1.06 bits per heavy atom. The van der Waals surface area contributed by atoms with Gasteiger partial charge in [-0.15, -0.1) is 10.2 Å². The van der Waals surface area contributed by atoms with E-state index in [-0.39, 0.29) is 23.4 Å². The van der Waals surface area contributed by atoms with E-state index in [0.29, 0.717) is 12.2 Å². The second-order valence-corrected chi connectivity index (χ2v) is 9.73. The third-order valence-corrected chi connectivity index (χ3v) is 7.29. The molecule has 0 fully saturated rings. The van der Waals surface area contributed by atoms with Gasteiger partial charge in [0.1, 0.15) is 6.04 Å². The van der Waals surface area contributed by atoms with Gasteiger partial charge in [-0.05, 0) is 61.4 Å². The normalized spacial score (nSPS) is 17.2. The standard InChI is InChI=1S/C28H32N6O2/c1-4-5-10-26-24(28(36)34-25(19(3)35)16-11-18(2)33(26)34)17-20-12-14-21(15-13-20)22-8-6-7-9-23(22)27-29-31-32-30-27/h6-9,12-15,18,25H,4-5,10-11,16-17H2,1-3H3,(H,29,30,31,32). The number of fused-ring (bicyclic) bond motifs is 1. The zero-order valence-corrected chi connectivity index (χ0v) is 21.1. The third-order valence-electron chi connectivity index (χ3n) is 7.29. The Bertz CT molecular complexity index is 1420. The summed E-state index contributed by atoms with van der Waals surface area (Å²) in [6.45, 7) is 5.92. The Morgan fingerprint density at radius 3 is 2.47 bits per heavy atom. The van der Waals surface area contributed by atoms with Gasteiger partial charge in [0.25, 0.3) is 5.56 Å². The molecule has 2 aromatic carbocycles. The number of nitrogens with zero attached hydrogens (tertiary/aromatic N) is 5. The lowest BCUT2D eigenvalue weighted by Crippen LogP contribution is -2.37. The van der Waals surface area contributed by atoms with Gasteiger partial charge in [-0.25, -0.2) is 4.68 Å². The minimum Gasteiger partial charge on any atom is -0.298 e. The highest BCUT2D eigenvalue weighted by Gasteiger charge is 2.33. The first-order chi connectivity index (χ1) is 17.5. The molecule has 0 bridgehead atoms. The molecule has 5 rings (SSSR count). The van der Waals surface area contributed by atoms with E-state index >= 15 is 0 Å². The minimum atomic E-state index is -0.369. The maximum absolute atomic E-state index is 13.7. The average Bonchev–Trinajstić information content (AvgIpc) is 3.52. The summed E-state index contributed by atoms with van der Waals surface area (Å²) >= 11 is 0. The fraction of sp³-hybridized carbons (Fsp3) is 0.393. The van der Waals surface area contributed by atoms with Crippen molar-refractivity contribution in [3.63, 3.8) is 0 Å². The third kappa shape index (κ3) is 4.32. The van der Waals surface area contributed by atoms with Crippen LogP contribution in [0.2, 0.25) is 0 Å². The van der Waals surface area contributed by atoms with E-state index in [0.717, 1.165) is 65.6 Å². The molecule has 2 atom stereocenters. The van der Waals surface area contributed by atoms with E-state index in [2.05, 4.69) is 63.4 Å². The molecule has 0 spiro atoms. The number of aromatic nitrogens is 6. The smallest absolute Gasteiger partial charge is 0.271 e. The first-order valence-electron chi connectivity index (χ1n) is 12.8. The predicted octanol–water partition coefficient (Wildman–Crippen LogP) is 4.92. The monoisotopic (exact) mass is 484 g/mol. The van der Waals surface area contributed by atoms with Crippen LogP contribution < -0.4 is 5.56 Å². The highest BCUT2D eigenvalue weighted by Crippen LogP contribution is 2.33. The van der Waals surface area contributed by atoms with Crippen LogP contribution in [0.25, 0.3) is 22.5 Å². The van der Waals surface area contributed by atoms with E-state index in [9.17, 15) is 9.59 Å². The number of rotatable bonds is 8. The number of hydrogen-bond acceptors (Lipinski definition) is 5. The predicted molar refractivity (Wildman–Crippen MR) is 139 cm³/mol. The number of tetrazole rings is 1. The number of Topliss-reactive ketones (excluding diaryl/α,β-unsaturated/α-hetero) is 1. The van der Waals surface area contributed by atoms with Gasteiger partial charge < -0.3 is 0 Å². The molecule has 4 aromatic rings. The quantitative estimate of drug-likeness (QED) is 0.383. The molecule has 1 N–H and O–H groups in total. The zero-order chi connectivity index (χ0) is 25.2. The molecule has 0 amide bonds. The molecule has 2 aromatic heterocycles. The van der Waals surface area contributed by atoms with Gasteiger partial charge in [0, 0.05) is 29.3 Å². The summed E-state index contributed by atoms with van der Waals surface area (Å²) in [5.41, 5.74) is 5.94. The summed E-state index contributed by atoms with van der Waals surface area (Å²) in [7, 11) is 0. The van der Waals surface area contributed by atoms with Gasteiger partial charge in [0.2, 0.25) is 5.82 Å². The maximum atomic E-state index is 13.7. The van der Waals surface area contributed by atoms with Crippen molar-refractivity contribution in [1.29, 1.82) is 0 Å². The van der Waals surface area contributed by atoms with E-state index in [1.54, 1.807) is 11.6 Å². The van der Waals surface area contributed by atoms with Gasteiger partial charge in [0.05, 0.1) is 0 Å². The largest absolute Gasteiger partial charge is 0.298 e. The summed E-state index contributed by atoms with van der Waals surface area (Å²) < 4.78 is 3.89. The SMILES string of the molecule is CCCCc1c(Cc2ccc(-c3ccccc3-c3nn[nH]n3)cc2)c(=O)n2n1C(C)CCC2C(C)=O. The fourth-order valence-corrected chi connectivity index (χ4v) is 5.42. The van der Waals surface area contributed by atoms with E-state index in [4.69, 9.17) is 0 Å². The van der Waals surface area contributed by atoms with Crippen molar-refractivity contribution in [2.45, 2.75) is 71.4 Å². The molecule has 2 unspecified atom stereocenters. The molecule has 0 radical (unpaired) electrons. The lowest BCUT2D eigenvalue weighted by atomic mass is 9.96. The number of carbonyl (C=O) groups is 1. The van der Waals surface area contributed by atoms with Crippen LogP contribution >= 0.6 is 0 Å². The Hall–Kier alpha value is -3.81. The number of aromatic amines is 1. The van der Waals surface area contributed by atoms with E-state index < -0.39 is 0 Å². The molecule has 1 aliphatic rings. The van der Waals surface area contributed by atoms with Gasteiger partial charge >= 0.3 is 0 Å². The maximum Gasteiger partial charge on any atom is 0.271 e. The lowest BCUT2D eigenvalue weighted by molar-refractivity contribution is -0.121. The number of ketones is 1. The summed E-state index contributed by atoms with van der Waals surface area (Å²) in [4.78, 5) is 26.1. The van der Waals surface area contributed by atoms with Crippen molar-refractivity contribution < 1.29 is 4.79 Å². The minimum absolute atomic E-state index is 0.0145. The Morgan fingerprint density at radius 2 is 1.81 bits per heavy atom. The molecule has 3 heterocycles. The van der Waals surface area contributed by atoms with Crippen molar-refractivity contribution >= 4 is 5.78 Å². The first kappa shape index (κ1) is 23.9. The van der Waals surface area contributed by atoms with Crippen LogP contribution in [0.5, 0.6) is 0 Å². The molecule has 1 aliphatic heterocycles. The Balaban J connectivity index is 1.51. The second-order valence-electron chi connectivity index (χ2n) is 9.73. The molecular formula is C28H32N6O2. The van der Waals surface area contributed by atoms with Gasteiger partial charge in [-0.2, -0.15) is 5.21 Å². The highest BCUT2D eigenvalue weighted by molar-refractivity contribution is 5.80. The van der Waals surface area contributed by atoms with Crippen LogP contribution in [0.4, 0.5) is 0 Å². The molecule has 36 heavy (non-hydrogen) atoms. The molecule has 186 valence electrons. The molecular weight excluding hydrogens is 452 g/mol. The molecule has 8 heteroatoms.